The van der Waals surface area contributed by atoms with Crippen molar-refractivity contribution in [3.05, 3.63) is 48.2 Å². The van der Waals surface area contributed by atoms with E-state index in [1.807, 2.05) is 43.3 Å². The fourth-order valence-corrected chi connectivity index (χ4v) is 1.68. The molecule has 0 unspecified atom stereocenters. The van der Waals surface area contributed by atoms with Crippen molar-refractivity contribution in [3.63, 3.8) is 0 Å². The van der Waals surface area contributed by atoms with E-state index in [0.29, 0.717) is 19.0 Å². The van der Waals surface area contributed by atoms with Gasteiger partial charge in [0.1, 0.15) is 11.5 Å². The van der Waals surface area contributed by atoms with Crippen molar-refractivity contribution in [1.82, 2.24) is 4.98 Å². The summed E-state index contributed by atoms with van der Waals surface area (Å²) in [5.74, 6) is 2.15. The number of nitrogens with two attached hydrogens (primary N) is 1. The van der Waals surface area contributed by atoms with Gasteiger partial charge in [-0.15, -0.1) is 0 Å². The van der Waals surface area contributed by atoms with Gasteiger partial charge in [0.25, 0.3) is 0 Å². The smallest absolute Gasteiger partial charge is 0.219 e. The quantitative estimate of drug-likeness (QED) is 0.865. The molecule has 1 aromatic heterocycles. The van der Waals surface area contributed by atoms with Gasteiger partial charge >= 0.3 is 0 Å². The van der Waals surface area contributed by atoms with Crippen molar-refractivity contribution < 1.29 is 9.47 Å². The molecule has 0 aliphatic rings. The van der Waals surface area contributed by atoms with Crippen LogP contribution in [0.4, 0.5) is 0 Å². The molecule has 2 rings (SSSR count). The third-order valence-electron chi connectivity index (χ3n) is 2.59. The molecule has 4 nitrogen and oxygen atoms in total. The zero-order valence-corrected chi connectivity index (χ0v) is 11.0. The number of pyridine rings is 1. The molecule has 19 heavy (non-hydrogen) atoms. The fourth-order valence-electron chi connectivity index (χ4n) is 1.68. The van der Waals surface area contributed by atoms with Crippen molar-refractivity contribution >= 4 is 0 Å². The average Bonchev–Trinajstić information content (AvgIpc) is 2.44. The third-order valence-corrected chi connectivity index (χ3v) is 2.59. The van der Waals surface area contributed by atoms with Crippen LogP contribution in [0.25, 0.3) is 0 Å². The molecule has 0 spiro atoms. The minimum atomic E-state index is 0.574. The number of nitrogens with zero attached hydrogens (tertiary/aromatic N) is 1. The molecule has 0 fully saturated rings. The van der Waals surface area contributed by atoms with Crippen LogP contribution in [0.15, 0.2) is 42.6 Å². The Morgan fingerprint density at radius 3 is 2.37 bits per heavy atom. The van der Waals surface area contributed by atoms with Gasteiger partial charge < -0.3 is 15.2 Å². The molecule has 0 aliphatic heterocycles. The second kappa shape index (κ2) is 6.75. The van der Waals surface area contributed by atoms with Crippen LogP contribution in [0, 0.1) is 0 Å². The number of hydrogen-bond donors (Lipinski definition) is 1. The van der Waals surface area contributed by atoms with Gasteiger partial charge in [0.2, 0.25) is 5.88 Å². The van der Waals surface area contributed by atoms with E-state index in [4.69, 9.17) is 15.2 Å². The highest BCUT2D eigenvalue weighted by molar-refractivity contribution is 5.33. The van der Waals surface area contributed by atoms with E-state index >= 15 is 0 Å². The van der Waals surface area contributed by atoms with Crippen LogP contribution in [-0.4, -0.2) is 18.1 Å². The van der Waals surface area contributed by atoms with Crippen molar-refractivity contribution in [2.45, 2.75) is 13.3 Å². The van der Waals surface area contributed by atoms with Crippen molar-refractivity contribution in [2.24, 2.45) is 5.73 Å². The van der Waals surface area contributed by atoms with Crippen molar-refractivity contribution in [3.8, 4) is 17.4 Å². The van der Waals surface area contributed by atoms with Gasteiger partial charge in [0, 0.05) is 12.3 Å². The van der Waals surface area contributed by atoms with Crippen LogP contribution in [0.1, 0.15) is 12.5 Å². The molecule has 0 saturated heterocycles. The van der Waals surface area contributed by atoms with E-state index in [1.54, 1.807) is 6.20 Å². The summed E-state index contributed by atoms with van der Waals surface area (Å²) < 4.78 is 11.0. The Morgan fingerprint density at radius 2 is 1.79 bits per heavy atom. The maximum Gasteiger partial charge on any atom is 0.219 e. The molecule has 0 aliphatic carbocycles. The molecule has 4 heteroatoms. The highest BCUT2D eigenvalue weighted by Crippen LogP contribution is 2.22. The van der Waals surface area contributed by atoms with Crippen LogP contribution in [-0.2, 0) is 6.42 Å². The summed E-state index contributed by atoms with van der Waals surface area (Å²) in [5.41, 5.74) is 6.60. The summed E-state index contributed by atoms with van der Waals surface area (Å²) in [6, 6.07) is 11.3. The van der Waals surface area contributed by atoms with Gasteiger partial charge in [0.15, 0.2) is 0 Å². The molecule has 0 radical (unpaired) electrons. The highest BCUT2D eigenvalue weighted by atomic mass is 16.5. The first kappa shape index (κ1) is 13.4. The molecule has 2 aromatic rings. The SMILES string of the molecule is CCOc1ccc(Oc2ccc(CCN)cn2)cc1. The minimum absolute atomic E-state index is 0.574. The van der Waals surface area contributed by atoms with Crippen LogP contribution >= 0.6 is 0 Å². The first-order valence-electron chi connectivity index (χ1n) is 6.37. The Bertz CT molecular complexity index is 447. The number of hydrogen-bond acceptors (Lipinski definition) is 4. The standard InChI is InChI=1S/C15H18N2O2/c1-2-18-13-4-6-14(7-5-13)19-15-8-3-12(9-10-16)11-17-15/h3-8,11H,2,9-10,16H2,1H3. The third kappa shape index (κ3) is 3.96. The van der Waals surface area contributed by atoms with Gasteiger partial charge in [-0.2, -0.15) is 0 Å². The number of ether oxygens (including phenoxy) is 2. The average molecular weight is 258 g/mol. The lowest BCUT2D eigenvalue weighted by molar-refractivity contribution is 0.339. The summed E-state index contributed by atoms with van der Waals surface area (Å²) in [4.78, 5) is 4.24. The van der Waals surface area contributed by atoms with Crippen molar-refractivity contribution in [2.75, 3.05) is 13.2 Å². The second-order valence-corrected chi connectivity index (χ2v) is 4.05. The largest absolute Gasteiger partial charge is 0.494 e. The summed E-state index contributed by atoms with van der Waals surface area (Å²) in [6.07, 6.45) is 2.62. The number of aromatic nitrogens is 1. The van der Waals surface area contributed by atoms with E-state index < -0.39 is 0 Å². The second-order valence-electron chi connectivity index (χ2n) is 4.05. The van der Waals surface area contributed by atoms with Crippen LogP contribution in [0.2, 0.25) is 0 Å². The predicted molar refractivity (Wildman–Crippen MR) is 74.7 cm³/mol. The molecule has 100 valence electrons. The number of rotatable bonds is 6. The molecular weight excluding hydrogens is 240 g/mol. The van der Waals surface area contributed by atoms with Crippen LogP contribution < -0.4 is 15.2 Å². The Kier molecular flexibility index (Phi) is 4.75. The molecule has 1 heterocycles. The topological polar surface area (TPSA) is 57.4 Å². The zero-order valence-electron chi connectivity index (χ0n) is 11.0. The lowest BCUT2D eigenvalue weighted by Gasteiger charge is -2.07. The first-order chi connectivity index (χ1) is 9.31. The van der Waals surface area contributed by atoms with Gasteiger partial charge in [-0.3, -0.25) is 0 Å². The molecule has 2 N–H and O–H groups in total. The Morgan fingerprint density at radius 1 is 1.05 bits per heavy atom. The normalized spacial score (nSPS) is 10.2. The van der Waals surface area contributed by atoms with Gasteiger partial charge in [0.05, 0.1) is 6.61 Å². The van der Waals surface area contributed by atoms with Crippen LogP contribution in [0.5, 0.6) is 17.4 Å². The molecule has 0 saturated carbocycles. The van der Waals surface area contributed by atoms with Gasteiger partial charge in [-0.05, 0) is 49.7 Å². The van der Waals surface area contributed by atoms with E-state index in [9.17, 15) is 0 Å². The van der Waals surface area contributed by atoms with E-state index in [2.05, 4.69) is 4.98 Å². The Labute approximate surface area is 113 Å². The molecule has 0 bridgehead atoms. The Hall–Kier alpha value is -2.07. The first-order valence-corrected chi connectivity index (χ1v) is 6.37. The molecule has 0 amide bonds. The number of benzene rings is 1. The van der Waals surface area contributed by atoms with E-state index in [1.165, 1.54) is 0 Å². The lowest BCUT2D eigenvalue weighted by Crippen LogP contribution is -2.02. The van der Waals surface area contributed by atoms with E-state index in [-0.39, 0.29) is 0 Å². The molecule has 0 atom stereocenters. The predicted octanol–water partition coefficient (Wildman–Crippen LogP) is 2.77. The molecule has 1 aromatic carbocycles. The van der Waals surface area contributed by atoms with Gasteiger partial charge in [-0.25, -0.2) is 4.98 Å². The lowest BCUT2D eigenvalue weighted by atomic mass is 10.2. The highest BCUT2D eigenvalue weighted by Gasteiger charge is 2.00. The summed E-state index contributed by atoms with van der Waals surface area (Å²) in [5, 5.41) is 0. The summed E-state index contributed by atoms with van der Waals surface area (Å²) >= 11 is 0. The van der Waals surface area contributed by atoms with Gasteiger partial charge in [-0.1, -0.05) is 6.07 Å². The monoisotopic (exact) mass is 258 g/mol. The Balaban J connectivity index is 1.99. The maximum absolute atomic E-state index is 5.65. The maximum atomic E-state index is 5.65. The molecular formula is C15H18N2O2. The van der Waals surface area contributed by atoms with Crippen molar-refractivity contribution in [1.29, 1.82) is 0 Å². The van der Waals surface area contributed by atoms with Crippen LogP contribution in [0.3, 0.4) is 0 Å². The summed E-state index contributed by atoms with van der Waals surface area (Å²) in [6.45, 7) is 3.24. The minimum Gasteiger partial charge on any atom is -0.494 e. The van der Waals surface area contributed by atoms with E-state index in [0.717, 1.165) is 23.5 Å². The zero-order chi connectivity index (χ0) is 13.5. The fraction of sp³-hybridized carbons (Fsp3) is 0.267. The summed E-state index contributed by atoms with van der Waals surface area (Å²) in [7, 11) is 0.